The molecule has 3 atom stereocenters. The Morgan fingerprint density at radius 2 is 2.32 bits per heavy atom. The van der Waals surface area contributed by atoms with Gasteiger partial charge in [0.2, 0.25) is 0 Å². The molecular weight excluding hydrogens is 306 g/mol. The zero-order chi connectivity index (χ0) is 13.8. The lowest BCUT2D eigenvalue weighted by atomic mass is 9.92. The van der Waals surface area contributed by atoms with Gasteiger partial charge in [0.15, 0.2) is 0 Å². The van der Waals surface area contributed by atoms with E-state index >= 15 is 0 Å². The Kier molecular flexibility index (Phi) is 5.25. The molecule has 0 bridgehead atoms. The van der Waals surface area contributed by atoms with Crippen molar-refractivity contribution in [3.63, 3.8) is 0 Å². The smallest absolute Gasteiger partial charge is 0.133 e. The Bertz CT molecular complexity index is 425. The number of nitrogens with one attached hydrogen (secondary N) is 1. The summed E-state index contributed by atoms with van der Waals surface area (Å²) >= 11 is 3.56. The van der Waals surface area contributed by atoms with Crippen LogP contribution in [0.25, 0.3) is 0 Å². The highest BCUT2D eigenvalue weighted by atomic mass is 79.9. The standard InChI is InChI=1S/C15H22BrNO2/c1-4-17-14(15-10(2)7-8-19-15)11-5-6-13(18-3)12(16)9-11/h5-6,9-10,14-15,17H,4,7-8H2,1-3H3. The van der Waals surface area contributed by atoms with Crippen molar-refractivity contribution in [2.45, 2.75) is 32.4 Å². The Morgan fingerprint density at radius 3 is 2.84 bits per heavy atom. The molecule has 1 aliphatic rings. The van der Waals surface area contributed by atoms with Crippen LogP contribution in [0.15, 0.2) is 22.7 Å². The number of hydrogen-bond donors (Lipinski definition) is 1. The first-order valence-corrected chi connectivity index (χ1v) is 7.65. The van der Waals surface area contributed by atoms with Crippen molar-refractivity contribution in [1.82, 2.24) is 5.32 Å². The van der Waals surface area contributed by atoms with Crippen LogP contribution in [-0.2, 0) is 4.74 Å². The highest BCUT2D eigenvalue weighted by Crippen LogP contribution is 2.34. The van der Waals surface area contributed by atoms with Crippen molar-refractivity contribution in [2.75, 3.05) is 20.3 Å². The molecule has 0 saturated carbocycles. The number of halogens is 1. The summed E-state index contributed by atoms with van der Waals surface area (Å²) in [4.78, 5) is 0. The second kappa shape index (κ2) is 6.73. The number of likely N-dealkylation sites (N-methyl/N-ethyl adjacent to an activating group) is 1. The molecule has 0 aromatic heterocycles. The average molecular weight is 328 g/mol. The number of ether oxygens (including phenoxy) is 2. The van der Waals surface area contributed by atoms with Gasteiger partial charge in [-0.05, 0) is 52.5 Å². The summed E-state index contributed by atoms with van der Waals surface area (Å²) in [5.41, 5.74) is 1.24. The number of benzene rings is 1. The highest BCUT2D eigenvalue weighted by Gasteiger charge is 2.32. The minimum absolute atomic E-state index is 0.240. The van der Waals surface area contributed by atoms with Crippen molar-refractivity contribution >= 4 is 15.9 Å². The van der Waals surface area contributed by atoms with Crippen LogP contribution < -0.4 is 10.1 Å². The van der Waals surface area contributed by atoms with Crippen molar-refractivity contribution in [3.05, 3.63) is 28.2 Å². The fourth-order valence-corrected chi connectivity index (χ4v) is 3.22. The predicted molar refractivity (Wildman–Crippen MR) is 80.6 cm³/mol. The SMILES string of the molecule is CCNC(c1ccc(OC)c(Br)c1)C1OCCC1C. The first-order chi connectivity index (χ1) is 9.17. The summed E-state index contributed by atoms with van der Waals surface area (Å²) in [6.45, 7) is 6.19. The van der Waals surface area contributed by atoms with Crippen molar-refractivity contribution < 1.29 is 9.47 Å². The second-order valence-electron chi connectivity index (χ2n) is 5.03. The van der Waals surface area contributed by atoms with E-state index in [0.717, 1.165) is 29.8 Å². The summed E-state index contributed by atoms with van der Waals surface area (Å²) in [6, 6.07) is 6.49. The number of methoxy groups -OCH3 is 1. The Hall–Kier alpha value is -0.580. The van der Waals surface area contributed by atoms with Crippen molar-refractivity contribution in [2.24, 2.45) is 5.92 Å². The van der Waals surface area contributed by atoms with Gasteiger partial charge >= 0.3 is 0 Å². The van der Waals surface area contributed by atoms with Crippen LogP contribution in [0.4, 0.5) is 0 Å². The van der Waals surface area contributed by atoms with Crippen LogP contribution >= 0.6 is 15.9 Å². The topological polar surface area (TPSA) is 30.5 Å². The Morgan fingerprint density at radius 1 is 1.53 bits per heavy atom. The van der Waals surface area contributed by atoms with E-state index in [1.165, 1.54) is 5.56 Å². The maximum absolute atomic E-state index is 5.92. The molecule has 1 aliphatic heterocycles. The summed E-state index contributed by atoms with van der Waals surface area (Å²) < 4.78 is 12.2. The minimum Gasteiger partial charge on any atom is -0.496 e. The van der Waals surface area contributed by atoms with Crippen LogP contribution in [0.5, 0.6) is 5.75 Å². The van der Waals surface area contributed by atoms with Gasteiger partial charge in [-0.25, -0.2) is 0 Å². The monoisotopic (exact) mass is 327 g/mol. The largest absolute Gasteiger partial charge is 0.496 e. The second-order valence-corrected chi connectivity index (χ2v) is 5.89. The van der Waals surface area contributed by atoms with Gasteiger partial charge in [-0.3, -0.25) is 0 Å². The minimum atomic E-state index is 0.240. The first-order valence-electron chi connectivity index (χ1n) is 6.85. The number of rotatable bonds is 5. The van der Waals surface area contributed by atoms with Gasteiger partial charge in [0.1, 0.15) is 5.75 Å². The lowest BCUT2D eigenvalue weighted by Gasteiger charge is -2.27. The molecule has 0 aliphatic carbocycles. The molecule has 0 amide bonds. The lowest BCUT2D eigenvalue weighted by molar-refractivity contribution is 0.0612. The van der Waals surface area contributed by atoms with Gasteiger partial charge < -0.3 is 14.8 Å². The van der Waals surface area contributed by atoms with Gasteiger partial charge in [-0.1, -0.05) is 19.9 Å². The van der Waals surface area contributed by atoms with Crippen LogP contribution in [0.1, 0.15) is 31.9 Å². The van der Waals surface area contributed by atoms with Gasteiger partial charge in [-0.2, -0.15) is 0 Å². The Labute approximate surface area is 123 Å². The van der Waals surface area contributed by atoms with Gasteiger partial charge in [0.05, 0.1) is 23.7 Å². The van der Waals surface area contributed by atoms with Crippen LogP contribution in [0.2, 0.25) is 0 Å². The zero-order valence-electron chi connectivity index (χ0n) is 11.8. The van der Waals surface area contributed by atoms with Crippen molar-refractivity contribution in [3.8, 4) is 5.75 Å². The summed E-state index contributed by atoms with van der Waals surface area (Å²) in [6.07, 6.45) is 1.39. The fourth-order valence-electron chi connectivity index (χ4n) is 2.66. The molecule has 2 rings (SSSR count). The maximum atomic E-state index is 5.92. The van der Waals surface area contributed by atoms with E-state index < -0.39 is 0 Å². The molecular formula is C15H22BrNO2. The fraction of sp³-hybridized carbons (Fsp3) is 0.600. The van der Waals surface area contributed by atoms with E-state index in [-0.39, 0.29) is 12.1 Å². The van der Waals surface area contributed by atoms with Gasteiger partial charge in [0.25, 0.3) is 0 Å². The van der Waals surface area contributed by atoms with Crippen LogP contribution in [-0.4, -0.2) is 26.4 Å². The molecule has 1 fully saturated rings. The highest BCUT2D eigenvalue weighted by molar-refractivity contribution is 9.10. The molecule has 1 aromatic carbocycles. The molecule has 0 spiro atoms. The van der Waals surface area contributed by atoms with Gasteiger partial charge in [-0.15, -0.1) is 0 Å². The summed E-state index contributed by atoms with van der Waals surface area (Å²) in [5, 5.41) is 3.55. The van der Waals surface area contributed by atoms with E-state index in [2.05, 4.69) is 47.2 Å². The lowest BCUT2D eigenvalue weighted by Crippen LogP contribution is -2.34. The molecule has 106 valence electrons. The third-order valence-electron chi connectivity index (χ3n) is 3.73. The molecule has 1 heterocycles. The van der Waals surface area contributed by atoms with E-state index in [9.17, 15) is 0 Å². The van der Waals surface area contributed by atoms with Gasteiger partial charge in [0, 0.05) is 6.61 Å². The van der Waals surface area contributed by atoms with Crippen molar-refractivity contribution in [1.29, 1.82) is 0 Å². The van der Waals surface area contributed by atoms with E-state index in [1.54, 1.807) is 7.11 Å². The zero-order valence-corrected chi connectivity index (χ0v) is 13.4. The van der Waals surface area contributed by atoms with E-state index in [1.807, 2.05) is 6.07 Å². The molecule has 3 nitrogen and oxygen atoms in total. The Balaban J connectivity index is 2.25. The summed E-state index contributed by atoms with van der Waals surface area (Å²) in [7, 11) is 1.68. The molecule has 4 heteroatoms. The molecule has 0 radical (unpaired) electrons. The molecule has 19 heavy (non-hydrogen) atoms. The molecule has 3 unspecified atom stereocenters. The summed E-state index contributed by atoms with van der Waals surface area (Å²) in [5.74, 6) is 1.45. The number of hydrogen-bond acceptors (Lipinski definition) is 3. The average Bonchev–Trinajstić information content (AvgIpc) is 2.82. The molecule has 1 aromatic rings. The predicted octanol–water partition coefficient (Wildman–Crippen LogP) is 3.53. The third-order valence-corrected chi connectivity index (χ3v) is 4.35. The van der Waals surface area contributed by atoms with E-state index in [0.29, 0.717) is 5.92 Å². The first kappa shape index (κ1) is 14.8. The molecule has 1 N–H and O–H groups in total. The van der Waals surface area contributed by atoms with Crippen LogP contribution in [0, 0.1) is 5.92 Å². The normalized spacial score (nSPS) is 24.4. The molecule has 1 saturated heterocycles. The quantitative estimate of drug-likeness (QED) is 0.897. The maximum Gasteiger partial charge on any atom is 0.133 e. The third kappa shape index (κ3) is 3.30. The van der Waals surface area contributed by atoms with Crippen LogP contribution in [0.3, 0.4) is 0 Å². The van der Waals surface area contributed by atoms with E-state index in [4.69, 9.17) is 9.47 Å².